The van der Waals surface area contributed by atoms with Gasteiger partial charge in [-0.25, -0.2) is 8.61 Å². The van der Waals surface area contributed by atoms with E-state index in [1.807, 2.05) is 66.7 Å². The number of ether oxygens (including phenoxy) is 1. The van der Waals surface area contributed by atoms with E-state index in [2.05, 4.69) is 19.6 Å². The van der Waals surface area contributed by atoms with Crippen LogP contribution in [0.15, 0.2) is 84.9 Å². The van der Waals surface area contributed by atoms with Crippen molar-refractivity contribution in [3.05, 3.63) is 107 Å². The molecule has 3 aromatic rings. The molecule has 0 aliphatic carbocycles. The maximum Gasteiger partial charge on any atom is 0.332 e. The molecule has 3 N–H and O–H groups in total. The fourth-order valence-corrected chi connectivity index (χ4v) is 6.83. The first kappa shape index (κ1) is 28.3. The van der Waals surface area contributed by atoms with Crippen molar-refractivity contribution in [1.29, 1.82) is 0 Å². The number of carbonyl (C=O) groups excluding carboxylic acids is 1. The van der Waals surface area contributed by atoms with Crippen LogP contribution in [-0.2, 0) is 34.5 Å². The summed E-state index contributed by atoms with van der Waals surface area (Å²) in [5, 5.41) is 10.6. The van der Waals surface area contributed by atoms with Crippen molar-refractivity contribution in [1.82, 2.24) is 4.31 Å². The number of rotatable bonds is 11. The lowest BCUT2D eigenvalue weighted by molar-refractivity contribution is -0.117. The molecule has 206 valence electrons. The van der Waals surface area contributed by atoms with Crippen molar-refractivity contribution in [2.75, 3.05) is 10.8 Å². The van der Waals surface area contributed by atoms with E-state index in [1.165, 1.54) is 6.20 Å². The normalized spacial score (nSPS) is 14.8. The minimum atomic E-state index is -4.04. The Balaban J connectivity index is 1.68. The van der Waals surface area contributed by atoms with Crippen LogP contribution in [0.4, 0.5) is 5.69 Å². The molecule has 0 saturated carbocycles. The smallest absolute Gasteiger partial charge is 0.332 e. The summed E-state index contributed by atoms with van der Waals surface area (Å²) in [6.07, 6.45) is 1.86. The van der Waals surface area contributed by atoms with E-state index >= 15 is 0 Å². The third-order valence-electron chi connectivity index (χ3n) is 6.46. The predicted octanol–water partition coefficient (Wildman–Crippen LogP) is 4.95. The Hall–Kier alpha value is -3.76. The minimum absolute atomic E-state index is 0.134. The molecule has 1 aliphatic heterocycles. The van der Waals surface area contributed by atoms with Crippen molar-refractivity contribution in [2.24, 2.45) is 5.73 Å². The third kappa shape index (κ3) is 7.01. The first-order chi connectivity index (χ1) is 18.4. The number of hydrogen-bond donors (Lipinski definition) is 2. The van der Waals surface area contributed by atoms with E-state index in [0.29, 0.717) is 23.9 Å². The first-order valence-corrected chi connectivity index (χ1v) is 17.9. The monoisotopic (exact) mass is 565 g/mol. The highest BCUT2D eigenvalue weighted by Crippen LogP contribution is 2.38. The van der Waals surface area contributed by atoms with Crippen LogP contribution in [0.5, 0.6) is 5.75 Å². The Kier molecular flexibility index (Phi) is 8.36. The van der Waals surface area contributed by atoms with Gasteiger partial charge in [-0.05, 0) is 46.9 Å². The van der Waals surface area contributed by atoms with Gasteiger partial charge in [0.1, 0.15) is 18.0 Å². The summed E-state index contributed by atoms with van der Waals surface area (Å²) in [6.45, 7) is 6.92. The van der Waals surface area contributed by atoms with E-state index in [0.717, 1.165) is 30.9 Å². The number of benzene rings is 3. The fraction of sp³-hybridized carbons (Fsp3) is 0.276. The van der Waals surface area contributed by atoms with Gasteiger partial charge in [0.05, 0.1) is 12.6 Å². The number of carbonyl (C=O) groups is 1. The maximum absolute atomic E-state index is 13.5. The van der Waals surface area contributed by atoms with Crippen molar-refractivity contribution < 1.29 is 23.1 Å². The van der Waals surface area contributed by atoms with Crippen LogP contribution in [0.1, 0.15) is 22.3 Å². The maximum atomic E-state index is 13.5. The van der Waals surface area contributed by atoms with E-state index in [-0.39, 0.29) is 25.5 Å². The molecule has 0 unspecified atom stereocenters. The van der Waals surface area contributed by atoms with Crippen molar-refractivity contribution in [2.45, 2.75) is 45.1 Å². The SMILES string of the molecule is C[Si](C)(C)CCN1C(O)=CN(c2ccc(Cc3ccccc3CC(N)=O)cc2OCc2ccccc2)S1(=O)=O. The molecule has 0 aromatic heterocycles. The average molecular weight is 566 g/mol. The number of nitrogens with zero attached hydrogens (tertiary/aromatic N) is 2. The molecule has 1 amide bonds. The van der Waals surface area contributed by atoms with Gasteiger partial charge in [0.25, 0.3) is 0 Å². The molecule has 1 aliphatic rings. The zero-order valence-corrected chi connectivity index (χ0v) is 24.3. The van der Waals surface area contributed by atoms with Gasteiger partial charge in [-0.2, -0.15) is 8.42 Å². The molecule has 3 aromatic carbocycles. The van der Waals surface area contributed by atoms with E-state index < -0.39 is 24.2 Å². The Bertz CT molecular complexity index is 1470. The summed E-state index contributed by atoms with van der Waals surface area (Å²) in [6, 6.07) is 23.2. The summed E-state index contributed by atoms with van der Waals surface area (Å²) >= 11 is 0. The van der Waals surface area contributed by atoms with Crippen LogP contribution < -0.4 is 14.8 Å². The molecule has 0 spiro atoms. The van der Waals surface area contributed by atoms with Crippen LogP contribution in [0.2, 0.25) is 25.7 Å². The Morgan fingerprint density at radius 3 is 2.28 bits per heavy atom. The van der Waals surface area contributed by atoms with Gasteiger partial charge in [0, 0.05) is 14.6 Å². The molecule has 10 heteroatoms. The summed E-state index contributed by atoms with van der Waals surface area (Å²) < 4.78 is 35.4. The molecular formula is C29H35N3O5SSi. The highest BCUT2D eigenvalue weighted by molar-refractivity contribution is 7.91. The van der Waals surface area contributed by atoms with Gasteiger partial charge < -0.3 is 15.6 Å². The van der Waals surface area contributed by atoms with Gasteiger partial charge in [-0.3, -0.25) is 4.79 Å². The van der Waals surface area contributed by atoms with Crippen LogP contribution in [0, 0.1) is 0 Å². The fourth-order valence-electron chi connectivity index (χ4n) is 4.33. The van der Waals surface area contributed by atoms with E-state index in [1.54, 1.807) is 6.07 Å². The molecular weight excluding hydrogens is 530 g/mol. The van der Waals surface area contributed by atoms with Crippen LogP contribution in [-0.4, -0.2) is 38.4 Å². The lowest BCUT2D eigenvalue weighted by Crippen LogP contribution is -2.37. The second-order valence-electron chi connectivity index (χ2n) is 10.8. The number of hydrogen-bond acceptors (Lipinski definition) is 5. The largest absolute Gasteiger partial charge is 0.493 e. The summed E-state index contributed by atoms with van der Waals surface area (Å²) in [5.41, 5.74) is 9.34. The minimum Gasteiger partial charge on any atom is -0.493 e. The summed E-state index contributed by atoms with van der Waals surface area (Å²) in [4.78, 5) is 11.6. The highest BCUT2D eigenvalue weighted by atomic mass is 32.2. The Morgan fingerprint density at radius 1 is 0.949 bits per heavy atom. The van der Waals surface area contributed by atoms with Crippen molar-refractivity contribution in [3.8, 4) is 5.75 Å². The van der Waals surface area contributed by atoms with Gasteiger partial charge in [0.15, 0.2) is 0 Å². The number of aliphatic hydroxyl groups is 1. The Labute approximate surface area is 231 Å². The molecule has 0 fully saturated rings. The lowest BCUT2D eigenvalue weighted by Gasteiger charge is -2.25. The van der Waals surface area contributed by atoms with Crippen LogP contribution in [0.25, 0.3) is 0 Å². The zero-order chi connectivity index (χ0) is 28.2. The molecule has 0 saturated heterocycles. The first-order valence-electron chi connectivity index (χ1n) is 12.8. The van der Waals surface area contributed by atoms with Gasteiger partial charge >= 0.3 is 10.2 Å². The molecule has 4 rings (SSSR count). The van der Waals surface area contributed by atoms with Gasteiger partial charge in [-0.1, -0.05) is 80.3 Å². The summed E-state index contributed by atoms with van der Waals surface area (Å²) in [5.74, 6) is -0.357. The van der Waals surface area contributed by atoms with Crippen molar-refractivity contribution in [3.63, 3.8) is 0 Å². The number of primary amides is 1. The molecule has 0 atom stereocenters. The van der Waals surface area contributed by atoms with Crippen LogP contribution in [0.3, 0.4) is 0 Å². The molecule has 1 heterocycles. The summed E-state index contributed by atoms with van der Waals surface area (Å²) in [7, 11) is -5.59. The van der Waals surface area contributed by atoms with E-state index in [9.17, 15) is 18.3 Å². The molecule has 39 heavy (non-hydrogen) atoms. The number of amides is 1. The highest BCUT2D eigenvalue weighted by Gasteiger charge is 2.39. The lowest BCUT2D eigenvalue weighted by atomic mass is 9.97. The number of anilines is 1. The van der Waals surface area contributed by atoms with Gasteiger partial charge in [0.2, 0.25) is 11.8 Å². The quantitative estimate of drug-likeness (QED) is 0.320. The Morgan fingerprint density at radius 2 is 1.62 bits per heavy atom. The van der Waals surface area contributed by atoms with Crippen LogP contribution >= 0.6 is 0 Å². The second-order valence-corrected chi connectivity index (χ2v) is 18.2. The predicted molar refractivity (Wildman–Crippen MR) is 156 cm³/mol. The second kappa shape index (κ2) is 11.5. The third-order valence-corrected chi connectivity index (χ3v) is 9.91. The van der Waals surface area contributed by atoms with Crippen molar-refractivity contribution >= 4 is 29.9 Å². The standard InChI is InChI=1S/C29H35N3O5SSi/c1-39(2,3)16-15-31-29(34)20-32(38(31,35)36)26-14-13-23(17-24-11-7-8-12-25(24)19-28(30)33)18-27(26)37-21-22-9-5-4-6-10-22/h4-14,18,20,34H,15-17,19,21H2,1-3H3,(H2,30,33). The topological polar surface area (TPSA) is 113 Å². The zero-order valence-electron chi connectivity index (χ0n) is 22.5. The molecule has 0 radical (unpaired) electrons. The van der Waals surface area contributed by atoms with Gasteiger partial charge in [-0.15, -0.1) is 0 Å². The van der Waals surface area contributed by atoms with E-state index in [4.69, 9.17) is 10.5 Å². The molecule has 8 nitrogen and oxygen atoms in total. The number of aliphatic hydroxyl groups excluding tert-OH is 1. The number of nitrogens with two attached hydrogens (primary N) is 1. The average Bonchev–Trinajstić information content (AvgIpc) is 3.10. The molecule has 0 bridgehead atoms.